The van der Waals surface area contributed by atoms with Crippen molar-refractivity contribution in [3.8, 4) is 5.69 Å². The van der Waals surface area contributed by atoms with E-state index >= 15 is 0 Å². The second-order valence-corrected chi connectivity index (χ2v) is 7.86. The van der Waals surface area contributed by atoms with Gasteiger partial charge >= 0.3 is 0 Å². The Balaban J connectivity index is 1.93. The summed E-state index contributed by atoms with van der Waals surface area (Å²) >= 11 is 0. The average molecular weight is 383 g/mol. The van der Waals surface area contributed by atoms with Crippen molar-refractivity contribution in [3.63, 3.8) is 0 Å². The van der Waals surface area contributed by atoms with Gasteiger partial charge in [0.15, 0.2) is 0 Å². The molecule has 0 fully saturated rings. The van der Waals surface area contributed by atoms with Crippen molar-refractivity contribution in [2.24, 2.45) is 7.05 Å². The molecular weight excluding hydrogens is 362 g/mol. The Kier molecular flexibility index (Phi) is 5.05. The predicted octanol–water partition coefficient (Wildman–Crippen LogP) is 3.21. The Morgan fingerprint density at radius 2 is 1.59 bits per heavy atom. The summed E-state index contributed by atoms with van der Waals surface area (Å²) in [7, 11) is -2.12. The second kappa shape index (κ2) is 7.28. The smallest absolute Gasteiger partial charge is 0.283 e. The zero-order chi connectivity index (χ0) is 19.6. The van der Waals surface area contributed by atoms with Crippen molar-refractivity contribution >= 4 is 21.8 Å². The molecule has 0 atom stereocenters. The minimum absolute atomic E-state index is 0.0370. The van der Waals surface area contributed by atoms with Crippen LogP contribution in [-0.2, 0) is 17.1 Å². The van der Waals surface area contributed by atoms with E-state index in [0.717, 1.165) is 16.5 Å². The van der Waals surface area contributed by atoms with Gasteiger partial charge < -0.3 is 0 Å². The van der Waals surface area contributed by atoms with Gasteiger partial charge in [0.05, 0.1) is 16.8 Å². The van der Waals surface area contributed by atoms with Gasteiger partial charge in [-0.15, -0.1) is 0 Å². The van der Waals surface area contributed by atoms with E-state index in [4.69, 9.17) is 0 Å². The van der Waals surface area contributed by atoms with Crippen molar-refractivity contribution in [1.29, 1.82) is 0 Å². The van der Waals surface area contributed by atoms with E-state index in [1.165, 1.54) is 10.8 Å². The summed E-state index contributed by atoms with van der Waals surface area (Å²) < 4.78 is 30.3. The fraction of sp³-hybridized carbons (Fsp3) is 0.150. The van der Waals surface area contributed by atoms with E-state index < -0.39 is 15.6 Å². The number of rotatable bonds is 5. The summed E-state index contributed by atoms with van der Waals surface area (Å²) in [5, 5.41) is 1.07. The van der Waals surface area contributed by atoms with E-state index in [1.54, 1.807) is 30.8 Å². The summed E-state index contributed by atoms with van der Waals surface area (Å²) in [6.07, 6.45) is 1.50. The van der Waals surface area contributed by atoms with Crippen LogP contribution in [-0.4, -0.2) is 17.8 Å². The highest BCUT2D eigenvalue weighted by Crippen LogP contribution is 2.16. The normalized spacial score (nSPS) is 11.8. The summed E-state index contributed by atoms with van der Waals surface area (Å²) in [6, 6.07) is 16.5. The summed E-state index contributed by atoms with van der Waals surface area (Å²) in [6.45, 7) is 3.66. The van der Waals surface area contributed by atoms with Crippen LogP contribution in [0.15, 0.2) is 64.8 Å². The lowest BCUT2D eigenvalue weighted by atomic mass is 10.2. The Labute approximate surface area is 158 Å². The number of nitrogens with zero attached hydrogens (tertiary/aromatic N) is 2. The SMILES string of the molecule is Cc1ccc(/C=C/S(=O)(=O)Nc2c(C)n(C)n(-c3ccccc3)c2=O)cc1. The quantitative estimate of drug-likeness (QED) is 0.735. The Hall–Kier alpha value is -3.06. The van der Waals surface area contributed by atoms with Crippen molar-refractivity contribution < 1.29 is 8.42 Å². The first-order valence-corrected chi connectivity index (χ1v) is 9.95. The fourth-order valence-corrected chi connectivity index (χ4v) is 3.63. The molecule has 0 unspecified atom stereocenters. The standard InChI is InChI=1S/C20H21N3O3S/c1-15-9-11-17(12-10-15)13-14-27(25,26)21-19-16(2)22(3)23(20(19)24)18-7-5-4-6-8-18/h4-14,21H,1-3H3/b14-13+. The Bertz CT molecular complexity index is 1140. The number of nitrogens with one attached hydrogen (secondary N) is 1. The lowest BCUT2D eigenvalue weighted by Gasteiger charge is -2.07. The number of aryl methyl sites for hydroxylation is 1. The number of para-hydroxylation sites is 1. The molecule has 0 bridgehead atoms. The van der Waals surface area contributed by atoms with Crippen LogP contribution in [0.5, 0.6) is 0 Å². The monoisotopic (exact) mass is 383 g/mol. The van der Waals surface area contributed by atoms with Crippen LogP contribution in [0.1, 0.15) is 16.8 Å². The number of anilines is 1. The molecule has 2 aromatic carbocycles. The first kappa shape index (κ1) is 18.7. The zero-order valence-electron chi connectivity index (χ0n) is 15.4. The second-order valence-electron chi connectivity index (χ2n) is 6.30. The van der Waals surface area contributed by atoms with E-state index in [1.807, 2.05) is 49.4 Å². The van der Waals surface area contributed by atoms with Crippen LogP contribution < -0.4 is 10.3 Å². The maximum atomic E-state index is 12.8. The van der Waals surface area contributed by atoms with Gasteiger partial charge in [-0.3, -0.25) is 14.2 Å². The minimum Gasteiger partial charge on any atom is -0.283 e. The number of benzene rings is 2. The molecule has 3 rings (SSSR count). The van der Waals surface area contributed by atoms with Gasteiger partial charge in [0.1, 0.15) is 5.69 Å². The van der Waals surface area contributed by atoms with Gasteiger partial charge in [0, 0.05) is 7.05 Å². The molecule has 0 saturated carbocycles. The molecule has 1 N–H and O–H groups in total. The third-order valence-corrected chi connectivity index (χ3v) is 5.30. The molecule has 140 valence electrons. The molecule has 3 aromatic rings. The molecule has 1 aromatic heterocycles. The van der Waals surface area contributed by atoms with Gasteiger partial charge in [-0.2, -0.15) is 0 Å². The summed E-state index contributed by atoms with van der Waals surface area (Å²) in [5.41, 5.74) is 2.65. The van der Waals surface area contributed by atoms with Crippen LogP contribution in [0.3, 0.4) is 0 Å². The molecule has 1 heterocycles. The first-order valence-electron chi connectivity index (χ1n) is 8.40. The van der Waals surface area contributed by atoms with Gasteiger partial charge in [-0.1, -0.05) is 48.0 Å². The van der Waals surface area contributed by atoms with Gasteiger partial charge in [-0.05, 0) is 37.6 Å². The third kappa shape index (κ3) is 4.03. The van der Waals surface area contributed by atoms with Crippen molar-refractivity contribution in [2.45, 2.75) is 13.8 Å². The Morgan fingerprint density at radius 3 is 2.22 bits per heavy atom. The molecule has 0 spiro atoms. The molecule has 0 aliphatic carbocycles. The number of hydrogen-bond acceptors (Lipinski definition) is 3. The maximum Gasteiger partial charge on any atom is 0.296 e. The lowest BCUT2D eigenvalue weighted by molar-refractivity contribution is 0.609. The third-order valence-electron chi connectivity index (χ3n) is 4.32. The van der Waals surface area contributed by atoms with E-state index in [-0.39, 0.29) is 5.69 Å². The van der Waals surface area contributed by atoms with Crippen LogP contribution in [0.4, 0.5) is 5.69 Å². The van der Waals surface area contributed by atoms with Crippen LogP contribution in [0.25, 0.3) is 11.8 Å². The molecule has 0 amide bonds. The topological polar surface area (TPSA) is 73.1 Å². The fourth-order valence-electron chi connectivity index (χ4n) is 2.71. The predicted molar refractivity (Wildman–Crippen MR) is 109 cm³/mol. The minimum atomic E-state index is -3.83. The molecule has 6 nitrogen and oxygen atoms in total. The van der Waals surface area contributed by atoms with Crippen LogP contribution in [0.2, 0.25) is 0 Å². The van der Waals surface area contributed by atoms with Gasteiger partial charge in [-0.25, -0.2) is 13.1 Å². The summed E-state index contributed by atoms with van der Waals surface area (Å²) in [5.74, 6) is 0. The van der Waals surface area contributed by atoms with Crippen molar-refractivity contribution in [3.05, 3.63) is 87.2 Å². The molecule has 7 heteroatoms. The molecule has 0 aliphatic rings. The number of aromatic nitrogens is 2. The van der Waals surface area contributed by atoms with Crippen LogP contribution in [0, 0.1) is 13.8 Å². The highest BCUT2D eigenvalue weighted by molar-refractivity contribution is 7.95. The lowest BCUT2D eigenvalue weighted by Crippen LogP contribution is -2.22. The highest BCUT2D eigenvalue weighted by atomic mass is 32.2. The average Bonchev–Trinajstić information content (AvgIpc) is 2.85. The van der Waals surface area contributed by atoms with Crippen molar-refractivity contribution in [1.82, 2.24) is 9.36 Å². The largest absolute Gasteiger partial charge is 0.296 e. The highest BCUT2D eigenvalue weighted by Gasteiger charge is 2.19. The van der Waals surface area contributed by atoms with Gasteiger partial charge in [0.25, 0.3) is 15.6 Å². The molecule has 0 saturated heterocycles. The maximum absolute atomic E-state index is 12.8. The number of sulfonamides is 1. The number of hydrogen-bond donors (Lipinski definition) is 1. The van der Waals surface area contributed by atoms with E-state index in [0.29, 0.717) is 11.4 Å². The first-order chi connectivity index (χ1) is 12.8. The van der Waals surface area contributed by atoms with E-state index in [2.05, 4.69) is 4.72 Å². The van der Waals surface area contributed by atoms with Crippen molar-refractivity contribution in [2.75, 3.05) is 4.72 Å². The molecule has 0 radical (unpaired) electrons. The molecule has 27 heavy (non-hydrogen) atoms. The van der Waals surface area contributed by atoms with E-state index in [9.17, 15) is 13.2 Å². The van der Waals surface area contributed by atoms with Crippen LogP contribution >= 0.6 is 0 Å². The Morgan fingerprint density at radius 1 is 0.963 bits per heavy atom. The zero-order valence-corrected chi connectivity index (χ0v) is 16.2. The summed E-state index contributed by atoms with van der Waals surface area (Å²) in [4.78, 5) is 12.8. The molecular formula is C20H21N3O3S. The molecule has 0 aliphatic heterocycles. The van der Waals surface area contributed by atoms with Gasteiger partial charge in [0.2, 0.25) is 0 Å².